The number of hydrogen-bond donors (Lipinski definition) is 1. The van der Waals surface area contributed by atoms with Crippen LogP contribution in [0, 0.1) is 17.0 Å². The minimum absolute atomic E-state index is 0.0945. The molecule has 1 nitrogen and oxygen atoms in total. The Balaban J connectivity index is 2.09. The molecule has 0 saturated heterocycles. The summed E-state index contributed by atoms with van der Waals surface area (Å²) >= 11 is 0. The molecule has 0 spiro atoms. The quantitative estimate of drug-likeness (QED) is 0.858. The van der Waals surface area contributed by atoms with Crippen LogP contribution in [-0.4, -0.2) is 11.2 Å². The van der Waals surface area contributed by atoms with Crippen molar-refractivity contribution in [2.45, 2.75) is 45.1 Å². The summed E-state index contributed by atoms with van der Waals surface area (Å²) in [5.41, 5.74) is 0.436. The van der Waals surface area contributed by atoms with Gasteiger partial charge in [0.25, 0.3) is 0 Å². The first-order valence-corrected chi connectivity index (χ1v) is 6.13. The predicted molar refractivity (Wildman–Crippen MR) is 62.6 cm³/mol. The van der Waals surface area contributed by atoms with E-state index in [0.29, 0.717) is 12.0 Å². The molecule has 1 aromatic carbocycles. The molecule has 1 fully saturated rings. The molecule has 17 heavy (non-hydrogen) atoms. The second-order valence-electron chi connectivity index (χ2n) is 5.36. The van der Waals surface area contributed by atoms with Crippen LogP contribution in [-0.2, 0) is 6.42 Å². The van der Waals surface area contributed by atoms with Crippen LogP contribution in [0.5, 0.6) is 0 Å². The van der Waals surface area contributed by atoms with Gasteiger partial charge in [-0.15, -0.1) is 0 Å². The van der Waals surface area contributed by atoms with Crippen molar-refractivity contribution in [3.63, 3.8) is 0 Å². The molecule has 0 radical (unpaired) electrons. The summed E-state index contributed by atoms with van der Waals surface area (Å²) < 4.78 is 26.1. The summed E-state index contributed by atoms with van der Waals surface area (Å²) in [6, 6.07) is 3.45. The van der Waals surface area contributed by atoms with Crippen LogP contribution >= 0.6 is 0 Å². The Bertz CT molecular complexity index is 377. The van der Waals surface area contributed by atoms with Crippen LogP contribution in [0.25, 0.3) is 0 Å². The highest BCUT2D eigenvalue weighted by molar-refractivity contribution is 5.19. The minimum Gasteiger partial charge on any atom is -0.392 e. The Morgan fingerprint density at radius 1 is 1.18 bits per heavy atom. The maximum Gasteiger partial charge on any atom is 0.126 e. The first-order valence-electron chi connectivity index (χ1n) is 6.13. The smallest absolute Gasteiger partial charge is 0.126 e. The van der Waals surface area contributed by atoms with Crippen molar-refractivity contribution in [1.82, 2.24) is 0 Å². The van der Waals surface area contributed by atoms with Gasteiger partial charge in [0.1, 0.15) is 11.6 Å². The Morgan fingerprint density at radius 3 is 2.24 bits per heavy atom. The van der Waals surface area contributed by atoms with Crippen molar-refractivity contribution in [3.05, 3.63) is 35.4 Å². The van der Waals surface area contributed by atoms with Crippen molar-refractivity contribution < 1.29 is 13.9 Å². The van der Waals surface area contributed by atoms with E-state index in [9.17, 15) is 13.9 Å². The van der Waals surface area contributed by atoms with E-state index in [0.717, 1.165) is 31.7 Å². The third-order valence-corrected chi connectivity index (χ3v) is 3.90. The average molecular weight is 240 g/mol. The van der Waals surface area contributed by atoms with E-state index in [2.05, 4.69) is 6.92 Å². The van der Waals surface area contributed by atoms with Gasteiger partial charge in [0.05, 0.1) is 6.10 Å². The van der Waals surface area contributed by atoms with Crippen molar-refractivity contribution in [2.24, 2.45) is 5.41 Å². The highest BCUT2D eigenvalue weighted by Gasteiger charge is 2.35. The number of aliphatic hydroxyl groups is 1. The van der Waals surface area contributed by atoms with Gasteiger partial charge in [-0.2, -0.15) is 0 Å². The van der Waals surface area contributed by atoms with E-state index < -0.39 is 17.7 Å². The Hall–Kier alpha value is -0.960. The van der Waals surface area contributed by atoms with Gasteiger partial charge in [0.2, 0.25) is 0 Å². The molecule has 94 valence electrons. The lowest BCUT2D eigenvalue weighted by atomic mass is 9.80. The van der Waals surface area contributed by atoms with Crippen molar-refractivity contribution >= 4 is 0 Å². The molecule has 1 aromatic rings. The zero-order valence-electron chi connectivity index (χ0n) is 10.0. The summed E-state index contributed by atoms with van der Waals surface area (Å²) in [7, 11) is 0. The number of benzene rings is 1. The normalized spacial score (nSPS) is 20.5. The second kappa shape index (κ2) is 4.73. The lowest BCUT2D eigenvalue weighted by molar-refractivity contribution is 0.0423. The molecule has 1 N–H and O–H groups in total. The van der Waals surface area contributed by atoms with Gasteiger partial charge in [-0.05, 0) is 42.4 Å². The highest BCUT2D eigenvalue weighted by atomic mass is 19.1. The molecule has 1 atom stereocenters. The first kappa shape index (κ1) is 12.5. The number of halogens is 2. The van der Waals surface area contributed by atoms with Gasteiger partial charge in [-0.3, -0.25) is 0 Å². The molecule has 1 aliphatic rings. The van der Waals surface area contributed by atoms with Gasteiger partial charge in [-0.1, -0.05) is 19.8 Å². The third-order valence-electron chi connectivity index (χ3n) is 3.90. The van der Waals surface area contributed by atoms with Gasteiger partial charge >= 0.3 is 0 Å². The Labute approximate surface area is 100 Å². The minimum atomic E-state index is -0.580. The van der Waals surface area contributed by atoms with Crippen molar-refractivity contribution in [1.29, 1.82) is 0 Å². The molecule has 3 heteroatoms. The van der Waals surface area contributed by atoms with E-state index in [4.69, 9.17) is 0 Å². The van der Waals surface area contributed by atoms with Crippen LogP contribution in [0.1, 0.15) is 38.2 Å². The Kier molecular flexibility index (Phi) is 3.48. The highest BCUT2D eigenvalue weighted by Crippen LogP contribution is 2.41. The van der Waals surface area contributed by atoms with E-state index in [-0.39, 0.29) is 5.41 Å². The van der Waals surface area contributed by atoms with E-state index in [1.807, 2.05) is 0 Å². The van der Waals surface area contributed by atoms with Crippen molar-refractivity contribution in [3.8, 4) is 0 Å². The lowest BCUT2D eigenvalue weighted by Gasteiger charge is -2.30. The number of aliphatic hydroxyl groups excluding tert-OH is 1. The van der Waals surface area contributed by atoms with Crippen LogP contribution in [0.4, 0.5) is 8.78 Å². The SMILES string of the molecule is CC1(C(O)Cc2cc(F)cc(F)c2)CCCC1. The standard InChI is InChI=1S/C14H18F2O/c1-14(4-2-3-5-14)13(17)8-10-6-11(15)9-12(16)7-10/h6-7,9,13,17H,2-5,8H2,1H3. The summed E-state index contributed by atoms with van der Waals surface area (Å²) in [4.78, 5) is 0. The van der Waals surface area contributed by atoms with Crippen molar-refractivity contribution in [2.75, 3.05) is 0 Å². The fourth-order valence-electron chi connectivity index (χ4n) is 2.71. The van der Waals surface area contributed by atoms with E-state index in [1.54, 1.807) is 0 Å². The van der Waals surface area contributed by atoms with Gasteiger partial charge < -0.3 is 5.11 Å². The third kappa shape index (κ3) is 2.83. The molecular formula is C14H18F2O. The molecule has 2 rings (SSSR count). The molecule has 0 aromatic heterocycles. The lowest BCUT2D eigenvalue weighted by Crippen LogP contribution is -2.31. The topological polar surface area (TPSA) is 20.2 Å². The Morgan fingerprint density at radius 2 is 1.71 bits per heavy atom. The average Bonchev–Trinajstić information content (AvgIpc) is 2.64. The number of rotatable bonds is 3. The van der Waals surface area contributed by atoms with E-state index >= 15 is 0 Å². The largest absolute Gasteiger partial charge is 0.392 e. The van der Waals surface area contributed by atoms with E-state index in [1.165, 1.54) is 12.1 Å². The summed E-state index contributed by atoms with van der Waals surface area (Å²) in [5, 5.41) is 10.2. The molecule has 0 aliphatic heterocycles. The maximum absolute atomic E-state index is 13.0. The van der Waals surface area contributed by atoms with Crippen LogP contribution in [0.2, 0.25) is 0 Å². The monoisotopic (exact) mass is 240 g/mol. The fourth-order valence-corrected chi connectivity index (χ4v) is 2.71. The van der Waals surface area contributed by atoms with Gasteiger partial charge in [0.15, 0.2) is 0 Å². The molecule has 1 unspecified atom stereocenters. The van der Waals surface area contributed by atoms with Crippen LogP contribution in [0.15, 0.2) is 18.2 Å². The summed E-state index contributed by atoms with van der Waals surface area (Å²) in [6.45, 7) is 2.06. The molecule has 0 heterocycles. The maximum atomic E-state index is 13.0. The number of hydrogen-bond acceptors (Lipinski definition) is 1. The molecule has 1 aliphatic carbocycles. The summed E-state index contributed by atoms with van der Waals surface area (Å²) in [6.07, 6.45) is 4.05. The molecular weight excluding hydrogens is 222 g/mol. The summed E-state index contributed by atoms with van der Waals surface area (Å²) in [5.74, 6) is -1.16. The zero-order chi connectivity index (χ0) is 12.5. The fraction of sp³-hybridized carbons (Fsp3) is 0.571. The predicted octanol–water partition coefficient (Wildman–Crippen LogP) is 3.45. The van der Waals surface area contributed by atoms with Gasteiger partial charge in [0, 0.05) is 6.07 Å². The second-order valence-corrected chi connectivity index (χ2v) is 5.36. The molecule has 0 bridgehead atoms. The van der Waals surface area contributed by atoms with Crippen LogP contribution in [0.3, 0.4) is 0 Å². The van der Waals surface area contributed by atoms with Crippen LogP contribution < -0.4 is 0 Å². The van der Waals surface area contributed by atoms with Gasteiger partial charge in [-0.25, -0.2) is 8.78 Å². The first-order chi connectivity index (χ1) is 7.99. The zero-order valence-corrected chi connectivity index (χ0v) is 10.0. The molecule has 1 saturated carbocycles. The molecule has 0 amide bonds.